The molecule has 1 aliphatic rings. The van der Waals surface area contributed by atoms with Crippen LogP contribution in [0.5, 0.6) is 0 Å². The highest BCUT2D eigenvalue weighted by molar-refractivity contribution is 5.85. The van der Waals surface area contributed by atoms with E-state index in [4.69, 9.17) is 4.98 Å². The van der Waals surface area contributed by atoms with Gasteiger partial charge in [-0.2, -0.15) is 0 Å². The lowest BCUT2D eigenvalue weighted by molar-refractivity contribution is 0.584. The highest BCUT2D eigenvalue weighted by atomic mass is 35.5. The van der Waals surface area contributed by atoms with Crippen molar-refractivity contribution in [3.05, 3.63) is 35.4 Å². The predicted octanol–water partition coefficient (Wildman–Crippen LogP) is 2.94. The van der Waals surface area contributed by atoms with Crippen LogP contribution in [0.15, 0.2) is 24.3 Å². The fourth-order valence-electron chi connectivity index (χ4n) is 2.79. The maximum absolute atomic E-state index is 4.97. The Morgan fingerprint density at radius 2 is 2.00 bits per heavy atom. The second-order valence-corrected chi connectivity index (χ2v) is 5.21. The molecule has 0 saturated carbocycles. The van der Waals surface area contributed by atoms with Gasteiger partial charge in [-0.05, 0) is 30.5 Å². The zero-order valence-electron chi connectivity index (χ0n) is 12.1. The van der Waals surface area contributed by atoms with Crippen molar-refractivity contribution < 1.29 is 0 Å². The highest BCUT2D eigenvalue weighted by Gasteiger charge is 2.16. The number of hydrogen-bond acceptors (Lipinski definition) is 3. The van der Waals surface area contributed by atoms with Gasteiger partial charge in [0.15, 0.2) is 0 Å². The molecule has 0 atom stereocenters. The molecule has 0 bridgehead atoms. The van der Waals surface area contributed by atoms with Crippen LogP contribution in [-0.2, 0) is 6.42 Å². The number of para-hydroxylation sites is 1. The number of hydrogen-bond donors (Lipinski definition) is 1. The van der Waals surface area contributed by atoms with Crippen LogP contribution in [0.4, 0.5) is 5.82 Å². The molecule has 0 spiro atoms. The summed E-state index contributed by atoms with van der Waals surface area (Å²) < 4.78 is 0. The minimum absolute atomic E-state index is 0. The van der Waals surface area contributed by atoms with Crippen molar-refractivity contribution in [1.82, 2.24) is 10.3 Å². The molecule has 0 radical (unpaired) electrons. The Morgan fingerprint density at radius 3 is 2.70 bits per heavy atom. The molecule has 1 N–H and O–H groups in total. The number of pyridine rings is 1. The number of nitrogens with zero attached hydrogens (tertiary/aromatic N) is 2. The average Bonchev–Trinajstić information content (AvgIpc) is 2.47. The van der Waals surface area contributed by atoms with Gasteiger partial charge in [0.25, 0.3) is 0 Å². The van der Waals surface area contributed by atoms with Crippen molar-refractivity contribution >= 4 is 29.1 Å². The van der Waals surface area contributed by atoms with E-state index in [1.165, 1.54) is 22.3 Å². The number of aromatic nitrogens is 1. The number of aryl methyl sites for hydroxylation is 2. The zero-order valence-corrected chi connectivity index (χ0v) is 13.0. The smallest absolute Gasteiger partial charge is 0.132 e. The first kappa shape index (κ1) is 15.1. The van der Waals surface area contributed by atoms with E-state index in [1.54, 1.807) is 0 Å². The van der Waals surface area contributed by atoms with Crippen LogP contribution in [0.3, 0.4) is 0 Å². The number of fused-ring (bicyclic) bond motifs is 1. The summed E-state index contributed by atoms with van der Waals surface area (Å²) in [5, 5.41) is 4.66. The number of halogens is 1. The molecule has 0 amide bonds. The van der Waals surface area contributed by atoms with Gasteiger partial charge in [-0.15, -0.1) is 12.4 Å². The van der Waals surface area contributed by atoms with Gasteiger partial charge in [0.05, 0.1) is 5.52 Å². The lowest BCUT2D eigenvalue weighted by Crippen LogP contribution is -2.44. The van der Waals surface area contributed by atoms with E-state index in [0.29, 0.717) is 0 Å². The summed E-state index contributed by atoms with van der Waals surface area (Å²) in [6, 6.07) is 8.73. The van der Waals surface area contributed by atoms with E-state index >= 15 is 0 Å². The van der Waals surface area contributed by atoms with Crippen LogP contribution in [0, 0.1) is 6.92 Å². The Balaban J connectivity index is 0.00000147. The molecule has 1 aromatic heterocycles. The molecule has 1 aromatic carbocycles. The maximum atomic E-state index is 4.97. The second kappa shape index (κ2) is 6.42. The lowest BCUT2D eigenvalue weighted by atomic mass is 10.1. The Morgan fingerprint density at radius 1 is 1.25 bits per heavy atom. The third-order valence-electron chi connectivity index (χ3n) is 3.90. The molecular weight excluding hydrogens is 270 g/mol. The van der Waals surface area contributed by atoms with Crippen molar-refractivity contribution in [2.24, 2.45) is 0 Å². The molecule has 0 unspecified atom stereocenters. The van der Waals surface area contributed by atoms with Gasteiger partial charge in [-0.1, -0.05) is 25.1 Å². The van der Waals surface area contributed by atoms with E-state index in [1.807, 2.05) is 0 Å². The van der Waals surface area contributed by atoms with Gasteiger partial charge in [-0.25, -0.2) is 4.98 Å². The largest absolute Gasteiger partial charge is 0.354 e. The van der Waals surface area contributed by atoms with Crippen molar-refractivity contribution in [3.8, 4) is 0 Å². The van der Waals surface area contributed by atoms with E-state index in [2.05, 4.69) is 48.3 Å². The molecule has 1 saturated heterocycles. The fraction of sp³-hybridized carbons (Fsp3) is 0.438. The van der Waals surface area contributed by atoms with Crippen LogP contribution < -0.4 is 10.2 Å². The molecule has 20 heavy (non-hydrogen) atoms. The number of piperazine rings is 1. The fourth-order valence-corrected chi connectivity index (χ4v) is 2.79. The van der Waals surface area contributed by atoms with Crippen LogP contribution >= 0.6 is 12.4 Å². The van der Waals surface area contributed by atoms with Crippen LogP contribution in [0.25, 0.3) is 10.9 Å². The molecule has 4 heteroatoms. The molecular formula is C16H22ClN3. The molecule has 1 aliphatic heterocycles. The Kier molecular flexibility index (Phi) is 4.84. The van der Waals surface area contributed by atoms with Gasteiger partial charge in [0, 0.05) is 31.6 Å². The van der Waals surface area contributed by atoms with E-state index in [-0.39, 0.29) is 12.4 Å². The van der Waals surface area contributed by atoms with Gasteiger partial charge >= 0.3 is 0 Å². The summed E-state index contributed by atoms with van der Waals surface area (Å²) >= 11 is 0. The minimum Gasteiger partial charge on any atom is -0.354 e. The quantitative estimate of drug-likeness (QED) is 0.922. The third kappa shape index (κ3) is 2.74. The zero-order chi connectivity index (χ0) is 13.2. The van der Waals surface area contributed by atoms with Gasteiger partial charge in [-0.3, -0.25) is 0 Å². The van der Waals surface area contributed by atoms with Crippen molar-refractivity contribution in [3.63, 3.8) is 0 Å². The molecule has 2 aromatic rings. The maximum Gasteiger partial charge on any atom is 0.132 e. The van der Waals surface area contributed by atoms with Crippen LogP contribution in [-0.4, -0.2) is 31.2 Å². The second-order valence-electron chi connectivity index (χ2n) is 5.21. The van der Waals surface area contributed by atoms with Crippen LogP contribution in [0.1, 0.15) is 18.1 Å². The minimum atomic E-state index is 0. The van der Waals surface area contributed by atoms with Gasteiger partial charge < -0.3 is 10.2 Å². The normalized spacial score (nSPS) is 15.2. The summed E-state index contributed by atoms with van der Waals surface area (Å²) in [5.74, 6) is 1.19. The molecule has 1 fully saturated rings. The summed E-state index contributed by atoms with van der Waals surface area (Å²) in [6.07, 6.45) is 1.04. The lowest BCUT2D eigenvalue weighted by Gasteiger charge is -2.30. The summed E-state index contributed by atoms with van der Waals surface area (Å²) in [6.45, 7) is 8.56. The topological polar surface area (TPSA) is 28.2 Å². The first-order valence-corrected chi connectivity index (χ1v) is 7.14. The summed E-state index contributed by atoms with van der Waals surface area (Å²) in [7, 11) is 0. The highest BCUT2D eigenvalue weighted by Crippen LogP contribution is 2.26. The number of benzene rings is 1. The van der Waals surface area contributed by atoms with Gasteiger partial charge in [0.1, 0.15) is 5.82 Å². The standard InChI is InChI=1S/C16H21N3.ClH/c1-3-13-11-14-6-4-5-12(2)15(14)18-16(13)19-9-7-17-8-10-19;/h4-6,11,17H,3,7-10H2,1-2H3;1H. The predicted molar refractivity (Wildman–Crippen MR) is 88.2 cm³/mol. The van der Waals surface area contributed by atoms with E-state index in [9.17, 15) is 0 Å². The first-order valence-electron chi connectivity index (χ1n) is 7.14. The first-order chi connectivity index (χ1) is 9.29. The molecule has 2 heterocycles. The van der Waals surface area contributed by atoms with Crippen molar-refractivity contribution in [2.75, 3.05) is 31.1 Å². The van der Waals surface area contributed by atoms with E-state index < -0.39 is 0 Å². The average molecular weight is 292 g/mol. The molecule has 0 aliphatic carbocycles. The Labute approximate surface area is 126 Å². The molecule has 3 rings (SSSR count). The Bertz CT molecular complexity index is 592. The Hall–Kier alpha value is -1.32. The van der Waals surface area contributed by atoms with Gasteiger partial charge in [0.2, 0.25) is 0 Å². The SMILES string of the molecule is CCc1cc2cccc(C)c2nc1N1CCNCC1.Cl. The number of rotatable bonds is 2. The van der Waals surface area contributed by atoms with Crippen molar-refractivity contribution in [1.29, 1.82) is 0 Å². The number of anilines is 1. The third-order valence-corrected chi connectivity index (χ3v) is 3.90. The summed E-state index contributed by atoms with van der Waals surface area (Å²) in [4.78, 5) is 7.39. The van der Waals surface area contributed by atoms with E-state index in [0.717, 1.165) is 38.1 Å². The summed E-state index contributed by atoms with van der Waals surface area (Å²) in [5.41, 5.74) is 3.77. The monoisotopic (exact) mass is 291 g/mol. The van der Waals surface area contributed by atoms with Crippen molar-refractivity contribution in [2.45, 2.75) is 20.3 Å². The molecule has 108 valence electrons. The molecule has 3 nitrogen and oxygen atoms in total. The number of nitrogens with one attached hydrogen (secondary N) is 1. The van der Waals surface area contributed by atoms with Crippen LogP contribution in [0.2, 0.25) is 0 Å².